The summed E-state index contributed by atoms with van der Waals surface area (Å²) in [7, 11) is 0. The van der Waals surface area contributed by atoms with Gasteiger partial charge in [0.05, 0.1) is 17.6 Å². The molecule has 1 aromatic carbocycles. The molecule has 0 spiro atoms. The van der Waals surface area contributed by atoms with Crippen LogP contribution < -0.4 is 0 Å². The van der Waals surface area contributed by atoms with Gasteiger partial charge in [-0.15, -0.1) is 5.10 Å². The monoisotopic (exact) mass is 271 g/mol. The maximum Gasteiger partial charge on any atom is 0.109 e. The molecule has 0 bridgehead atoms. The van der Waals surface area contributed by atoms with E-state index in [9.17, 15) is 5.11 Å². The number of aliphatic hydroxyl groups is 1. The van der Waals surface area contributed by atoms with Crippen LogP contribution in [0.4, 0.5) is 0 Å². The molecule has 2 atom stereocenters. The highest BCUT2D eigenvalue weighted by atomic mass is 16.3. The molecule has 0 amide bonds. The average Bonchev–Trinajstić information content (AvgIpc) is 2.98. The van der Waals surface area contributed by atoms with Gasteiger partial charge >= 0.3 is 0 Å². The molecule has 1 aliphatic rings. The Labute approximate surface area is 119 Å². The molecule has 20 heavy (non-hydrogen) atoms. The Morgan fingerprint density at radius 2 is 2.15 bits per heavy atom. The largest absolute Gasteiger partial charge is 0.383 e. The van der Waals surface area contributed by atoms with E-state index in [1.54, 1.807) is 10.9 Å². The first-order chi connectivity index (χ1) is 9.73. The third kappa shape index (κ3) is 2.36. The van der Waals surface area contributed by atoms with Crippen LogP contribution in [0.1, 0.15) is 44.7 Å². The molecule has 0 saturated heterocycles. The van der Waals surface area contributed by atoms with Crippen LogP contribution in [-0.4, -0.2) is 20.1 Å². The second-order valence-corrected chi connectivity index (χ2v) is 5.77. The highest BCUT2D eigenvalue weighted by Gasteiger charge is 2.38. The standard InChI is InChI=1S/C16H21N3O/c1-2-13-7-6-10-16(20,11-13)15-12-17-18-19(15)14-8-4-3-5-9-14/h3-5,8-9,12-13,20H,2,6-7,10-11H2,1H3. The maximum atomic E-state index is 11.1. The first-order valence-corrected chi connectivity index (χ1v) is 7.42. The van der Waals surface area contributed by atoms with Gasteiger partial charge in [0.15, 0.2) is 0 Å². The Morgan fingerprint density at radius 1 is 1.35 bits per heavy atom. The van der Waals surface area contributed by atoms with Gasteiger partial charge in [0, 0.05) is 0 Å². The summed E-state index contributed by atoms with van der Waals surface area (Å²) < 4.78 is 1.78. The molecule has 2 unspecified atom stereocenters. The Bertz CT molecular complexity index is 566. The van der Waals surface area contributed by atoms with Crippen LogP contribution in [0.5, 0.6) is 0 Å². The molecule has 1 aliphatic carbocycles. The van der Waals surface area contributed by atoms with Gasteiger partial charge in [-0.1, -0.05) is 43.2 Å². The fourth-order valence-electron chi connectivity index (χ4n) is 3.26. The molecule has 0 aliphatic heterocycles. The zero-order valence-corrected chi connectivity index (χ0v) is 11.9. The molecule has 4 nitrogen and oxygen atoms in total. The van der Waals surface area contributed by atoms with Crippen molar-refractivity contribution in [2.45, 2.75) is 44.6 Å². The normalized spacial score (nSPS) is 26.6. The Morgan fingerprint density at radius 3 is 2.90 bits per heavy atom. The molecule has 1 heterocycles. The SMILES string of the molecule is CCC1CCCC(O)(c2cnnn2-c2ccccc2)C1. The van der Waals surface area contributed by atoms with Crippen LogP contribution >= 0.6 is 0 Å². The van der Waals surface area contributed by atoms with Crippen molar-refractivity contribution in [3.05, 3.63) is 42.2 Å². The molecule has 4 heteroatoms. The predicted molar refractivity (Wildman–Crippen MR) is 77.5 cm³/mol. The summed E-state index contributed by atoms with van der Waals surface area (Å²) in [6.45, 7) is 2.20. The molecule has 1 aromatic heterocycles. The van der Waals surface area contributed by atoms with Gasteiger partial charge in [-0.2, -0.15) is 0 Å². The number of hydrogen-bond donors (Lipinski definition) is 1. The van der Waals surface area contributed by atoms with E-state index in [0.29, 0.717) is 5.92 Å². The van der Waals surface area contributed by atoms with Crippen molar-refractivity contribution in [1.82, 2.24) is 15.0 Å². The lowest BCUT2D eigenvalue weighted by Gasteiger charge is -2.36. The minimum atomic E-state index is -0.793. The molecule has 0 radical (unpaired) electrons. The lowest BCUT2D eigenvalue weighted by molar-refractivity contribution is -0.0273. The lowest BCUT2D eigenvalue weighted by Crippen LogP contribution is -2.34. The van der Waals surface area contributed by atoms with Crippen molar-refractivity contribution in [3.8, 4) is 5.69 Å². The predicted octanol–water partition coefficient (Wildman–Crippen LogP) is 3.06. The van der Waals surface area contributed by atoms with Crippen molar-refractivity contribution >= 4 is 0 Å². The highest BCUT2D eigenvalue weighted by Crippen LogP contribution is 2.41. The van der Waals surface area contributed by atoms with E-state index < -0.39 is 5.60 Å². The average molecular weight is 271 g/mol. The van der Waals surface area contributed by atoms with E-state index in [1.165, 1.54) is 6.42 Å². The topological polar surface area (TPSA) is 50.9 Å². The molecule has 1 N–H and O–H groups in total. The van der Waals surface area contributed by atoms with E-state index in [-0.39, 0.29) is 0 Å². The van der Waals surface area contributed by atoms with E-state index in [0.717, 1.165) is 37.1 Å². The van der Waals surface area contributed by atoms with Gasteiger partial charge in [0.2, 0.25) is 0 Å². The first kappa shape index (κ1) is 13.3. The van der Waals surface area contributed by atoms with Crippen molar-refractivity contribution in [3.63, 3.8) is 0 Å². The minimum Gasteiger partial charge on any atom is -0.383 e. The Hall–Kier alpha value is -1.68. The molecule has 106 valence electrons. The molecular formula is C16H21N3O. The van der Waals surface area contributed by atoms with Crippen molar-refractivity contribution in [2.24, 2.45) is 5.92 Å². The molecular weight excluding hydrogens is 250 g/mol. The van der Waals surface area contributed by atoms with E-state index >= 15 is 0 Å². The molecule has 2 aromatic rings. The third-order valence-corrected chi connectivity index (χ3v) is 4.43. The highest BCUT2D eigenvalue weighted by molar-refractivity contribution is 5.33. The summed E-state index contributed by atoms with van der Waals surface area (Å²) in [4.78, 5) is 0. The van der Waals surface area contributed by atoms with Crippen molar-refractivity contribution in [1.29, 1.82) is 0 Å². The van der Waals surface area contributed by atoms with Crippen LogP contribution in [-0.2, 0) is 5.60 Å². The quantitative estimate of drug-likeness (QED) is 0.933. The Balaban J connectivity index is 1.97. The van der Waals surface area contributed by atoms with Gasteiger partial charge < -0.3 is 5.11 Å². The minimum absolute atomic E-state index is 0.591. The fourth-order valence-corrected chi connectivity index (χ4v) is 3.26. The number of nitrogens with zero attached hydrogens (tertiary/aromatic N) is 3. The fraction of sp³-hybridized carbons (Fsp3) is 0.500. The molecule has 1 saturated carbocycles. The number of benzene rings is 1. The van der Waals surface area contributed by atoms with Crippen LogP contribution in [0, 0.1) is 5.92 Å². The lowest BCUT2D eigenvalue weighted by atomic mass is 9.75. The number of para-hydroxylation sites is 1. The summed E-state index contributed by atoms with van der Waals surface area (Å²) in [6, 6.07) is 9.90. The first-order valence-electron chi connectivity index (χ1n) is 7.42. The van der Waals surface area contributed by atoms with Crippen molar-refractivity contribution in [2.75, 3.05) is 0 Å². The van der Waals surface area contributed by atoms with Gasteiger partial charge in [-0.3, -0.25) is 0 Å². The summed E-state index contributed by atoms with van der Waals surface area (Å²) in [6.07, 6.45) is 6.72. The summed E-state index contributed by atoms with van der Waals surface area (Å²) >= 11 is 0. The summed E-state index contributed by atoms with van der Waals surface area (Å²) in [5.41, 5.74) is 0.979. The van der Waals surface area contributed by atoms with E-state index in [4.69, 9.17) is 0 Å². The van der Waals surface area contributed by atoms with Crippen LogP contribution in [0.25, 0.3) is 5.69 Å². The smallest absolute Gasteiger partial charge is 0.109 e. The third-order valence-electron chi connectivity index (χ3n) is 4.43. The number of rotatable bonds is 3. The van der Waals surface area contributed by atoms with Gasteiger partial charge in [0.1, 0.15) is 5.60 Å². The van der Waals surface area contributed by atoms with Crippen LogP contribution in [0.3, 0.4) is 0 Å². The Kier molecular flexibility index (Phi) is 3.57. The zero-order valence-electron chi connectivity index (χ0n) is 11.9. The van der Waals surface area contributed by atoms with Crippen LogP contribution in [0.2, 0.25) is 0 Å². The summed E-state index contributed by atoms with van der Waals surface area (Å²) in [5.74, 6) is 0.591. The molecule has 1 fully saturated rings. The maximum absolute atomic E-state index is 11.1. The van der Waals surface area contributed by atoms with E-state index in [2.05, 4.69) is 17.2 Å². The summed E-state index contributed by atoms with van der Waals surface area (Å²) in [5, 5.41) is 19.3. The van der Waals surface area contributed by atoms with Crippen LogP contribution in [0.15, 0.2) is 36.5 Å². The van der Waals surface area contributed by atoms with Gasteiger partial charge in [0.25, 0.3) is 0 Å². The number of aromatic nitrogens is 3. The van der Waals surface area contributed by atoms with Gasteiger partial charge in [-0.25, -0.2) is 4.68 Å². The molecule has 3 rings (SSSR count). The zero-order chi connectivity index (χ0) is 14.0. The second kappa shape index (κ2) is 5.37. The van der Waals surface area contributed by atoms with E-state index in [1.807, 2.05) is 30.3 Å². The second-order valence-electron chi connectivity index (χ2n) is 5.77. The van der Waals surface area contributed by atoms with Gasteiger partial charge in [-0.05, 0) is 37.3 Å². The number of hydrogen-bond acceptors (Lipinski definition) is 3. The van der Waals surface area contributed by atoms with Crippen molar-refractivity contribution < 1.29 is 5.11 Å².